The van der Waals surface area contributed by atoms with Crippen molar-refractivity contribution in [2.75, 3.05) is 0 Å². The van der Waals surface area contributed by atoms with Crippen molar-refractivity contribution in [3.05, 3.63) is 167 Å². The summed E-state index contributed by atoms with van der Waals surface area (Å²) in [4.78, 5) is 26.9. The summed E-state index contributed by atoms with van der Waals surface area (Å²) in [5.74, 6) is -0.0858. The first kappa shape index (κ1) is 30.3. The zero-order valence-corrected chi connectivity index (χ0v) is 26.3. The molecule has 0 amide bonds. The van der Waals surface area contributed by atoms with Crippen LogP contribution >= 0.6 is 0 Å². The van der Waals surface area contributed by atoms with E-state index in [1.165, 1.54) is 0 Å². The Morgan fingerprint density at radius 1 is 0.391 bits per heavy atom. The fraction of sp³-hybridized carbons (Fsp3) is 0.0952. The molecule has 0 saturated heterocycles. The number of hydrogen-bond acceptors (Lipinski definition) is 4. The van der Waals surface area contributed by atoms with Crippen LogP contribution in [0.2, 0.25) is 0 Å². The largest absolute Gasteiger partial charge is 0.423 e. The molecular formula is C42H34O4. The Kier molecular flexibility index (Phi) is 8.62. The minimum absolute atomic E-state index is 0.378. The Bertz CT molecular complexity index is 2020. The Balaban J connectivity index is 1.51. The van der Waals surface area contributed by atoms with Crippen molar-refractivity contribution in [2.24, 2.45) is 0 Å². The zero-order chi connectivity index (χ0) is 32.2. The van der Waals surface area contributed by atoms with Gasteiger partial charge in [0.1, 0.15) is 11.5 Å². The summed E-state index contributed by atoms with van der Waals surface area (Å²) in [6.07, 6.45) is 0. The average Bonchev–Trinajstić information content (AvgIpc) is 3.07. The molecule has 6 aromatic carbocycles. The summed E-state index contributed by atoms with van der Waals surface area (Å²) in [6, 6.07) is 42.5. The molecule has 0 aromatic heterocycles. The van der Waals surface area contributed by atoms with E-state index in [2.05, 4.69) is 55.5 Å². The van der Waals surface area contributed by atoms with Gasteiger partial charge in [-0.15, -0.1) is 0 Å². The summed E-state index contributed by atoms with van der Waals surface area (Å²) in [5.41, 5.74) is 10.5. The van der Waals surface area contributed by atoms with Crippen molar-refractivity contribution in [1.82, 2.24) is 0 Å². The summed E-state index contributed by atoms with van der Waals surface area (Å²) in [7, 11) is 0. The highest BCUT2D eigenvalue weighted by Crippen LogP contribution is 2.41. The predicted octanol–water partition coefficient (Wildman–Crippen LogP) is 10.4. The Hall–Kier alpha value is -5.74. The van der Waals surface area contributed by atoms with Gasteiger partial charge in [-0.2, -0.15) is 0 Å². The van der Waals surface area contributed by atoms with Crippen LogP contribution in [0.15, 0.2) is 133 Å². The fourth-order valence-electron chi connectivity index (χ4n) is 5.25. The molecule has 6 rings (SSSR count). The molecule has 0 unspecified atom stereocenters. The lowest BCUT2D eigenvalue weighted by molar-refractivity contribution is 0.0725. The van der Waals surface area contributed by atoms with Crippen LogP contribution in [0.25, 0.3) is 33.4 Å². The molecule has 0 spiro atoms. The van der Waals surface area contributed by atoms with E-state index in [0.717, 1.165) is 50.1 Å². The number of rotatable bonds is 7. The minimum atomic E-state index is -0.478. The van der Waals surface area contributed by atoms with Crippen LogP contribution in [-0.2, 0) is 0 Å². The van der Waals surface area contributed by atoms with Crippen LogP contribution in [0.3, 0.4) is 0 Å². The molecule has 0 saturated carbocycles. The molecule has 46 heavy (non-hydrogen) atoms. The molecule has 0 aliphatic heterocycles. The summed E-state index contributed by atoms with van der Waals surface area (Å²) in [5, 5.41) is 0. The Morgan fingerprint density at radius 3 is 1.48 bits per heavy atom. The van der Waals surface area contributed by atoms with Crippen molar-refractivity contribution in [1.29, 1.82) is 0 Å². The number of carbonyl (C=O) groups is 2. The first-order chi connectivity index (χ1) is 22.2. The molecule has 0 heterocycles. The highest BCUT2D eigenvalue weighted by Gasteiger charge is 2.20. The molecule has 0 aliphatic rings. The van der Waals surface area contributed by atoms with Crippen LogP contribution < -0.4 is 9.47 Å². The fourth-order valence-corrected chi connectivity index (χ4v) is 5.25. The molecule has 0 N–H and O–H groups in total. The minimum Gasteiger partial charge on any atom is -0.423 e. The lowest BCUT2D eigenvalue weighted by atomic mass is 9.90. The van der Waals surface area contributed by atoms with Gasteiger partial charge in [-0.3, -0.25) is 0 Å². The lowest BCUT2D eigenvalue weighted by Gasteiger charge is -2.17. The molecule has 226 valence electrons. The topological polar surface area (TPSA) is 52.6 Å². The molecule has 6 aromatic rings. The zero-order valence-electron chi connectivity index (χ0n) is 26.3. The number of ether oxygens (including phenoxy) is 2. The van der Waals surface area contributed by atoms with Gasteiger partial charge in [0.2, 0.25) is 0 Å². The quantitative estimate of drug-likeness (QED) is 0.135. The molecular weight excluding hydrogens is 568 g/mol. The number of esters is 2. The first-order valence-electron chi connectivity index (χ1n) is 15.2. The van der Waals surface area contributed by atoms with Gasteiger partial charge in [-0.05, 0) is 104 Å². The molecule has 4 nitrogen and oxygen atoms in total. The molecule has 0 radical (unpaired) electrons. The standard InChI is InChI=1S/C42H34O4/c1-27-5-13-31(14-6-27)34-20-24-40(46-41(43)33-17-9-29(3)10-18-33)39(25-34)38-26-35(42(44)45-36-21-11-30(4)12-22-36)19-23-37(38)32-15-7-28(2)8-16-32/h5-26H,1-4H3. The average molecular weight is 603 g/mol. The van der Waals surface area contributed by atoms with E-state index < -0.39 is 11.9 Å². The van der Waals surface area contributed by atoms with Crippen LogP contribution in [0.4, 0.5) is 0 Å². The maximum absolute atomic E-state index is 13.5. The highest BCUT2D eigenvalue weighted by atomic mass is 16.5. The van der Waals surface area contributed by atoms with Gasteiger partial charge < -0.3 is 9.47 Å². The number of hydrogen-bond donors (Lipinski definition) is 0. The van der Waals surface area contributed by atoms with Crippen molar-refractivity contribution >= 4 is 11.9 Å². The third-order valence-corrected chi connectivity index (χ3v) is 7.99. The second-order valence-corrected chi connectivity index (χ2v) is 11.7. The lowest BCUT2D eigenvalue weighted by Crippen LogP contribution is -2.10. The Morgan fingerprint density at radius 2 is 0.870 bits per heavy atom. The van der Waals surface area contributed by atoms with Gasteiger partial charge in [0.05, 0.1) is 11.1 Å². The molecule has 0 bridgehead atoms. The van der Waals surface area contributed by atoms with Gasteiger partial charge in [0.25, 0.3) is 0 Å². The predicted molar refractivity (Wildman–Crippen MR) is 184 cm³/mol. The van der Waals surface area contributed by atoms with Crippen molar-refractivity contribution in [3.63, 3.8) is 0 Å². The van der Waals surface area contributed by atoms with Crippen molar-refractivity contribution < 1.29 is 19.1 Å². The summed E-state index contributed by atoms with van der Waals surface area (Å²) >= 11 is 0. The van der Waals surface area contributed by atoms with E-state index in [1.54, 1.807) is 30.3 Å². The molecule has 0 atom stereocenters. The third-order valence-electron chi connectivity index (χ3n) is 7.99. The second-order valence-electron chi connectivity index (χ2n) is 11.7. The number of aryl methyl sites for hydroxylation is 4. The van der Waals surface area contributed by atoms with E-state index in [1.807, 2.05) is 75.4 Å². The van der Waals surface area contributed by atoms with E-state index in [4.69, 9.17) is 9.47 Å². The normalized spacial score (nSPS) is 10.8. The van der Waals surface area contributed by atoms with Crippen LogP contribution in [-0.4, -0.2) is 11.9 Å². The monoisotopic (exact) mass is 602 g/mol. The van der Waals surface area contributed by atoms with Gasteiger partial charge in [0.15, 0.2) is 0 Å². The van der Waals surface area contributed by atoms with Gasteiger partial charge in [0, 0.05) is 5.56 Å². The number of carbonyl (C=O) groups excluding carboxylic acids is 2. The van der Waals surface area contributed by atoms with E-state index in [9.17, 15) is 9.59 Å². The van der Waals surface area contributed by atoms with Crippen molar-refractivity contribution in [2.45, 2.75) is 27.7 Å². The van der Waals surface area contributed by atoms with E-state index >= 15 is 0 Å². The summed E-state index contributed by atoms with van der Waals surface area (Å²) < 4.78 is 11.8. The Labute approximate surface area is 269 Å². The molecule has 4 heteroatoms. The van der Waals surface area contributed by atoms with E-state index in [-0.39, 0.29) is 0 Å². The van der Waals surface area contributed by atoms with Gasteiger partial charge in [-0.25, -0.2) is 9.59 Å². The van der Waals surface area contributed by atoms with Gasteiger partial charge in [-0.1, -0.05) is 107 Å². The van der Waals surface area contributed by atoms with E-state index in [0.29, 0.717) is 28.2 Å². The van der Waals surface area contributed by atoms with Crippen LogP contribution in [0.5, 0.6) is 11.5 Å². The molecule has 0 aliphatic carbocycles. The summed E-state index contributed by atoms with van der Waals surface area (Å²) in [6.45, 7) is 8.05. The smallest absolute Gasteiger partial charge is 0.343 e. The number of benzene rings is 6. The third kappa shape index (κ3) is 6.82. The van der Waals surface area contributed by atoms with Crippen LogP contribution in [0.1, 0.15) is 43.0 Å². The van der Waals surface area contributed by atoms with Gasteiger partial charge >= 0.3 is 11.9 Å². The highest BCUT2D eigenvalue weighted by molar-refractivity contribution is 5.98. The molecule has 0 fully saturated rings. The first-order valence-corrected chi connectivity index (χ1v) is 15.2. The maximum Gasteiger partial charge on any atom is 0.343 e. The van der Waals surface area contributed by atoms with Crippen molar-refractivity contribution in [3.8, 4) is 44.9 Å². The second kappa shape index (κ2) is 13.1. The van der Waals surface area contributed by atoms with Crippen LogP contribution in [0, 0.1) is 27.7 Å². The SMILES string of the molecule is Cc1ccc(OC(=O)c2ccc(-c3ccc(C)cc3)c(-c3cc(-c4ccc(C)cc4)ccc3OC(=O)c3ccc(C)cc3)c2)cc1. The maximum atomic E-state index is 13.5.